The molecule has 0 fully saturated rings. The zero-order valence-electron chi connectivity index (χ0n) is 33.1. The Morgan fingerprint density at radius 3 is 1.27 bits per heavy atom. The lowest BCUT2D eigenvalue weighted by Crippen LogP contribution is -2.12. The molecule has 1 amide bonds. The maximum Gasteiger partial charge on any atom is 0.339 e. The summed E-state index contributed by atoms with van der Waals surface area (Å²) in [7, 11) is 2.96. The maximum absolute atomic E-state index is 14.0. The number of carbonyl (C=O) groups excluding carboxylic acids is 2. The van der Waals surface area contributed by atoms with Crippen LogP contribution in [0.2, 0.25) is 0 Å². The van der Waals surface area contributed by atoms with E-state index in [1.165, 1.54) is 74.9 Å². The predicted octanol–water partition coefficient (Wildman–Crippen LogP) is 11.4. The van der Waals surface area contributed by atoms with Gasteiger partial charge >= 0.3 is 5.97 Å². The maximum atomic E-state index is 14.0. The fraction of sp³-hybridized carbons (Fsp3) is 0.0426. The Labute approximate surface area is 364 Å². The Hall–Kier alpha value is -7.98. The third kappa shape index (κ3) is 11.5. The number of rotatable bonds is 9. The lowest BCUT2D eigenvalue weighted by atomic mass is 10.0. The van der Waals surface area contributed by atoms with Crippen LogP contribution in [0.25, 0.3) is 33.4 Å². The number of benzene rings is 7. The zero-order chi connectivity index (χ0) is 46.8. The molecule has 7 aromatic rings. The van der Waals surface area contributed by atoms with Crippen molar-refractivity contribution in [2.24, 2.45) is 0 Å². The highest BCUT2D eigenvalue weighted by atomic mass is 35.5. The molecule has 10 nitrogen and oxygen atoms in total. The van der Waals surface area contributed by atoms with Crippen molar-refractivity contribution in [2.45, 2.75) is 0 Å². The molecule has 0 aliphatic rings. The van der Waals surface area contributed by atoms with Gasteiger partial charge < -0.3 is 35.2 Å². The SMILES string of the molecule is COc1ccc(NC(=O)c2cc(-c3ccc(F)cc3F)ccc2O)cc1OC.O=C(Cl)c1cc(-c2ccc(F)cc2F)ccc1O.O=C(O)c1cc(-c2ccc(F)cc2F)ccc1O. The fourth-order valence-corrected chi connectivity index (χ4v) is 6.06. The number of aromatic hydroxyl groups is 3. The number of carboxylic acids is 1. The van der Waals surface area contributed by atoms with Gasteiger partial charge in [-0.25, -0.2) is 31.1 Å². The third-order valence-corrected chi connectivity index (χ3v) is 9.25. The first kappa shape index (κ1) is 47.1. The van der Waals surface area contributed by atoms with Crippen molar-refractivity contribution >= 4 is 34.4 Å². The lowest BCUT2D eigenvalue weighted by Gasteiger charge is -2.12. The number of ether oxygens (including phenoxy) is 2. The van der Waals surface area contributed by atoms with Crippen LogP contribution in [0.1, 0.15) is 31.1 Å². The average Bonchev–Trinajstić information content (AvgIpc) is 3.25. The number of methoxy groups -OCH3 is 2. The quantitative estimate of drug-likeness (QED) is 0.0701. The van der Waals surface area contributed by atoms with Crippen molar-refractivity contribution in [3.05, 3.63) is 179 Å². The van der Waals surface area contributed by atoms with Crippen molar-refractivity contribution in [1.29, 1.82) is 0 Å². The van der Waals surface area contributed by atoms with Crippen LogP contribution in [0, 0.1) is 34.9 Å². The lowest BCUT2D eigenvalue weighted by molar-refractivity contribution is 0.0693. The number of amides is 1. The van der Waals surface area contributed by atoms with E-state index in [2.05, 4.69) is 5.32 Å². The molecule has 5 N–H and O–H groups in total. The molecule has 0 atom stereocenters. The van der Waals surface area contributed by atoms with Gasteiger partial charge in [0.2, 0.25) is 0 Å². The van der Waals surface area contributed by atoms with Crippen LogP contribution in [-0.4, -0.2) is 51.8 Å². The van der Waals surface area contributed by atoms with Gasteiger partial charge in [0.25, 0.3) is 11.1 Å². The highest BCUT2D eigenvalue weighted by molar-refractivity contribution is 6.68. The summed E-state index contributed by atoms with van der Waals surface area (Å²) in [4.78, 5) is 34.5. The van der Waals surface area contributed by atoms with E-state index in [4.69, 9.17) is 26.2 Å². The van der Waals surface area contributed by atoms with E-state index in [1.54, 1.807) is 18.2 Å². The first-order valence-electron chi connectivity index (χ1n) is 18.2. The van der Waals surface area contributed by atoms with Gasteiger partial charge in [-0.3, -0.25) is 9.59 Å². The van der Waals surface area contributed by atoms with Gasteiger partial charge in [0.15, 0.2) is 11.5 Å². The van der Waals surface area contributed by atoms with Crippen LogP contribution in [0.4, 0.5) is 32.0 Å². The number of halogens is 7. The second kappa shape index (κ2) is 20.7. The second-order valence-electron chi connectivity index (χ2n) is 13.2. The fourth-order valence-electron chi connectivity index (χ4n) is 5.90. The normalized spacial score (nSPS) is 10.4. The highest BCUT2D eigenvalue weighted by Crippen LogP contribution is 2.33. The predicted molar refractivity (Wildman–Crippen MR) is 225 cm³/mol. The van der Waals surface area contributed by atoms with Crippen LogP contribution in [0.3, 0.4) is 0 Å². The Kier molecular flexibility index (Phi) is 15.2. The van der Waals surface area contributed by atoms with Gasteiger partial charge in [-0.1, -0.05) is 18.2 Å². The number of carboxylic acid groups (broad SMARTS) is 1. The number of phenolic OH excluding ortho intramolecular Hbond substituents is 2. The van der Waals surface area contributed by atoms with Crippen LogP contribution in [0.15, 0.2) is 127 Å². The van der Waals surface area contributed by atoms with Crippen molar-refractivity contribution in [1.82, 2.24) is 0 Å². The van der Waals surface area contributed by atoms with E-state index >= 15 is 0 Å². The van der Waals surface area contributed by atoms with Gasteiger partial charge in [0.1, 0.15) is 57.7 Å². The minimum Gasteiger partial charge on any atom is -0.507 e. The van der Waals surface area contributed by atoms with Gasteiger partial charge in [0, 0.05) is 46.6 Å². The number of anilines is 1. The Bertz CT molecular complexity index is 2780. The summed E-state index contributed by atoms with van der Waals surface area (Å²) in [5, 5.41) is 39.4. The molecule has 0 aliphatic heterocycles. The summed E-state index contributed by atoms with van der Waals surface area (Å²) in [6.07, 6.45) is 0. The summed E-state index contributed by atoms with van der Waals surface area (Å²) in [5.41, 5.74) is 1.10. The van der Waals surface area contributed by atoms with E-state index in [-0.39, 0.29) is 50.4 Å². The second-order valence-corrected chi connectivity index (χ2v) is 13.5. The molecule has 0 unspecified atom stereocenters. The Morgan fingerprint density at radius 1 is 0.484 bits per heavy atom. The van der Waals surface area contributed by atoms with Crippen LogP contribution < -0.4 is 14.8 Å². The smallest absolute Gasteiger partial charge is 0.339 e. The molecule has 328 valence electrons. The van der Waals surface area contributed by atoms with E-state index in [9.17, 15) is 56.0 Å². The molecule has 64 heavy (non-hydrogen) atoms. The number of phenols is 3. The van der Waals surface area contributed by atoms with Crippen molar-refractivity contribution in [2.75, 3.05) is 19.5 Å². The van der Waals surface area contributed by atoms with Crippen molar-refractivity contribution in [3.8, 4) is 62.1 Å². The largest absolute Gasteiger partial charge is 0.507 e. The summed E-state index contributed by atoms with van der Waals surface area (Å²) in [6, 6.07) is 25.6. The van der Waals surface area contributed by atoms with Gasteiger partial charge in [-0.05, 0) is 113 Å². The number of carbonyl (C=O) groups is 3. The average molecular weight is 904 g/mol. The third-order valence-electron chi connectivity index (χ3n) is 9.04. The van der Waals surface area contributed by atoms with Gasteiger partial charge in [-0.15, -0.1) is 0 Å². The number of hydrogen-bond acceptors (Lipinski definition) is 8. The van der Waals surface area contributed by atoms with Crippen LogP contribution in [0.5, 0.6) is 28.7 Å². The van der Waals surface area contributed by atoms with Gasteiger partial charge in [-0.2, -0.15) is 0 Å². The molecule has 7 rings (SSSR count). The zero-order valence-corrected chi connectivity index (χ0v) is 33.9. The number of nitrogens with one attached hydrogen (secondary N) is 1. The Balaban J connectivity index is 0.000000188. The number of hydrogen-bond donors (Lipinski definition) is 5. The molecule has 0 saturated carbocycles. The van der Waals surface area contributed by atoms with E-state index in [0.29, 0.717) is 34.4 Å². The Morgan fingerprint density at radius 2 is 0.875 bits per heavy atom. The molecule has 0 saturated heterocycles. The van der Waals surface area contributed by atoms with E-state index in [1.807, 2.05) is 0 Å². The molecule has 0 bridgehead atoms. The van der Waals surface area contributed by atoms with E-state index < -0.39 is 57.8 Å². The monoisotopic (exact) mass is 903 g/mol. The molecule has 0 radical (unpaired) electrons. The topological polar surface area (TPSA) is 163 Å². The highest BCUT2D eigenvalue weighted by Gasteiger charge is 2.18. The molecule has 17 heteroatoms. The van der Waals surface area contributed by atoms with Crippen molar-refractivity contribution in [3.63, 3.8) is 0 Å². The minimum atomic E-state index is -1.32. The van der Waals surface area contributed by atoms with Crippen LogP contribution in [-0.2, 0) is 0 Å². The first-order chi connectivity index (χ1) is 30.4. The standard InChI is InChI=1S/C21H17F2NO4.C13H7ClF2O2.C13H8F2O3/c1-27-19-8-5-14(11-20(19)28-2)24-21(26)16-9-12(3-7-18(16)25)15-6-4-13(22)10-17(15)23;14-13(18)10-5-7(1-4-12(10)17)9-3-2-8(15)6-11(9)16;14-8-2-3-9(11(15)6-8)7-1-4-12(16)10(5-7)13(17)18/h3-11,25H,1-2H3,(H,24,26);1-6,17H;1-6,16H,(H,17,18). The summed E-state index contributed by atoms with van der Waals surface area (Å²) in [5.74, 6) is -6.40. The number of aromatic carboxylic acids is 1. The molecular weight excluding hydrogens is 872 g/mol. The molecule has 0 spiro atoms. The summed E-state index contributed by atoms with van der Waals surface area (Å²) < 4.78 is 90.1. The summed E-state index contributed by atoms with van der Waals surface area (Å²) in [6.45, 7) is 0. The minimum absolute atomic E-state index is 0.0593. The van der Waals surface area contributed by atoms with Gasteiger partial charge in [0.05, 0.1) is 25.3 Å². The van der Waals surface area contributed by atoms with Crippen molar-refractivity contribution < 1.29 is 70.6 Å². The molecule has 0 aliphatic carbocycles. The van der Waals surface area contributed by atoms with E-state index in [0.717, 1.165) is 42.5 Å². The molecule has 0 aromatic heterocycles. The van der Waals surface area contributed by atoms with Crippen LogP contribution >= 0.6 is 11.6 Å². The molecular formula is C47H32ClF6NO9. The summed E-state index contributed by atoms with van der Waals surface area (Å²) >= 11 is 5.28. The molecule has 0 heterocycles. The molecule has 7 aromatic carbocycles. The first-order valence-corrected chi connectivity index (χ1v) is 18.6.